The van der Waals surface area contributed by atoms with Gasteiger partial charge in [0.25, 0.3) is 5.89 Å². The normalized spacial score (nSPS) is 10.6. The van der Waals surface area contributed by atoms with Gasteiger partial charge in [-0.2, -0.15) is 4.98 Å². The van der Waals surface area contributed by atoms with E-state index in [-0.39, 0.29) is 5.88 Å². The third-order valence-electron chi connectivity index (χ3n) is 2.02. The molecule has 5 heteroatoms. The zero-order valence-electron chi connectivity index (χ0n) is 8.00. The Hall–Kier alpha value is -1.06. The Balaban J connectivity index is 2.48. The molecule has 0 aliphatic heterocycles. The maximum Gasteiger partial charge on any atom is 0.258 e. The quantitative estimate of drug-likeness (QED) is 0.758. The molecule has 0 saturated heterocycles. The largest absolute Gasteiger partial charge is 0.334 e. The van der Waals surface area contributed by atoms with Crippen LogP contribution in [0.15, 0.2) is 22.7 Å². The van der Waals surface area contributed by atoms with E-state index in [2.05, 4.69) is 10.1 Å². The van der Waals surface area contributed by atoms with Gasteiger partial charge >= 0.3 is 0 Å². The van der Waals surface area contributed by atoms with E-state index in [1.54, 1.807) is 6.07 Å². The summed E-state index contributed by atoms with van der Waals surface area (Å²) in [5.41, 5.74) is 1.87. The van der Waals surface area contributed by atoms with Crippen molar-refractivity contribution in [3.05, 3.63) is 34.6 Å². The summed E-state index contributed by atoms with van der Waals surface area (Å²) < 4.78 is 5.07. The number of rotatable bonds is 2. The Labute approximate surface area is 97.0 Å². The molecule has 0 spiro atoms. The number of halogens is 2. The predicted octanol–water partition coefficient (Wildman–Crippen LogP) is 3.44. The molecule has 2 aromatic rings. The lowest BCUT2D eigenvalue weighted by Crippen LogP contribution is -1.84. The predicted molar refractivity (Wildman–Crippen MR) is 59.0 cm³/mol. The summed E-state index contributed by atoms with van der Waals surface area (Å²) in [6, 6.07) is 5.52. The van der Waals surface area contributed by atoms with E-state index in [0.29, 0.717) is 16.7 Å². The Bertz CT molecular complexity index is 482. The smallest absolute Gasteiger partial charge is 0.258 e. The van der Waals surface area contributed by atoms with Gasteiger partial charge in [0.1, 0.15) is 0 Å². The van der Waals surface area contributed by atoms with E-state index in [9.17, 15) is 0 Å². The van der Waals surface area contributed by atoms with Crippen LogP contribution in [-0.2, 0) is 5.88 Å². The second-order valence-electron chi connectivity index (χ2n) is 3.11. The van der Waals surface area contributed by atoms with Crippen molar-refractivity contribution in [1.29, 1.82) is 0 Å². The zero-order valence-corrected chi connectivity index (χ0v) is 9.51. The van der Waals surface area contributed by atoms with Crippen molar-refractivity contribution in [2.24, 2.45) is 0 Å². The molecule has 3 nitrogen and oxygen atoms in total. The third kappa shape index (κ3) is 2.13. The van der Waals surface area contributed by atoms with Crippen LogP contribution in [0.5, 0.6) is 0 Å². The SMILES string of the molecule is Cc1ccc(Cl)cc1-c1nc(CCl)no1. The molecule has 0 radical (unpaired) electrons. The summed E-state index contributed by atoms with van der Waals surface area (Å²) in [5, 5.41) is 4.36. The van der Waals surface area contributed by atoms with E-state index in [4.69, 9.17) is 27.7 Å². The molecule has 1 aromatic carbocycles. The third-order valence-corrected chi connectivity index (χ3v) is 2.49. The van der Waals surface area contributed by atoms with Crippen molar-refractivity contribution >= 4 is 23.2 Å². The number of hydrogen-bond acceptors (Lipinski definition) is 3. The summed E-state index contributed by atoms with van der Waals surface area (Å²) in [5.74, 6) is 1.17. The average molecular weight is 243 g/mol. The van der Waals surface area contributed by atoms with Crippen molar-refractivity contribution in [3.63, 3.8) is 0 Å². The van der Waals surface area contributed by atoms with Crippen LogP contribution in [0.2, 0.25) is 5.02 Å². The first-order valence-electron chi connectivity index (χ1n) is 4.36. The number of aromatic nitrogens is 2. The standard InChI is InChI=1S/C10H8Cl2N2O/c1-6-2-3-7(12)4-8(6)10-13-9(5-11)14-15-10/h2-4H,5H2,1H3. The van der Waals surface area contributed by atoms with Crippen LogP contribution in [0.3, 0.4) is 0 Å². The molecule has 0 atom stereocenters. The van der Waals surface area contributed by atoms with E-state index in [1.807, 2.05) is 19.1 Å². The summed E-state index contributed by atoms with van der Waals surface area (Å²) in [7, 11) is 0. The minimum absolute atomic E-state index is 0.239. The topological polar surface area (TPSA) is 38.9 Å². The Morgan fingerprint density at radius 1 is 1.40 bits per heavy atom. The molecule has 0 fully saturated rings. The molecule has 0 saturated carbocycles. The highest BCUT2D eigenvalue weighted by molar-refractivity contribution is 6.30. The van der Waals surface area contributed by atoms with Crippen LogP contribution in [0.25, 0.3) is 11.5 Å². The van der Waals surface area contributed by atoms with Crippen LogP contribution in [0.1, 0.15) is 11.4 Å². The van der Waals surface area contributed by atoms with Gasteiger partial charge in [0.15, 0.2) is 5.82 Å². The Morgan fingerprint density at radius 3 is 2.87 bits per heavy atom. The van der Waals surface area contributed by atoms with E-state index >= 15 is 0 Å². The first kappa shape index (κ1) is 10.5. The molecule has 0 unspecified atom stereocenters. The minimum Gasteiger partial charge on any atom is -0.334 e. The lowest BCUT2D eigenvalue weighted by molar-refractivity contribution is 0.425. The monoisotopic (exact) mass is 242 g/mol. The van der Waals surface area contributed by atoms with E-state index in [0.717, 1.165) is 11.1 Å². The fourth-order valence-electron chi connectivity index (χ4n) is 1.24. The maximum absolute atomic E-state index is 5.89. The molecule has 0 aliphatic rings. The van der Waals surface area contributed by atoms with Crippen molar-refractivity contribution < 1.29 is 4.52 Å². The molecule has 0 bridgehead atoms. The van der Waals surface area contributed by atoms with Gasteiger partial charge in [-0.25, -0.2) is 0 Å². The van der Waals surface area contributed by atoms with Gasteiger partial charge in [-0.05, 0) is 24.6 Å². The first-order chi connectivity index (χ1) is 7.20. The molecule has 0 amide bonds. The summed E-state index contributed by atoms with van der Waals surface area (Å²) in [6.45, 7) is 1.95. The van der Waals surface area contributed by atoms with Crippen LogP contribution >= 0.6 is 23.2 Å². The highest BCUT2D eigenvalue weighted by Gasteiger charge is 2.10. The molecule has 0 N–H and O–H groups in total. The average Bonchev–Trinajstić information content (AvgIpc) is 2.70. The Kier molecular flexibility index (Phi) is 2.93. The fraction of sp³-hybridized carbons (Fsp3) is 0.200. The van der Waals surface area contributed by atoms with Gasteiger partial charge in [-0.1, -0.05) is 22.8 Å². The van der Waals surface area contributed by atoms with Crippen LogP contribution < -0.4 is 0 Å². The van der Waals surface area contributed by atoms with E-state index < -0.39 is 0 Å². The van der Waals surface area contributed by atoms with Crippen LogP contribution in [0, 0.1) is 6.92 Å². The molecule has 2 rings (SSSR count). The van der Waals surface area contributed by atoms with Crippen molar-refractivity contribution in [2.45, 2.75) is 12.8 Å². The fourth-order valence-corrected chi connectivity index (χ4v) is 1.52. The molecule has 1 aromatic heterocycles. The second kappa shape index (κ2) is 4.21. The van der Waals surface area contributed by atoms with Gasteiger partial charge in [0.05, 0.1) is 5.88 Å². The van der Waals surface area contributed by atoms with Crippen LogP contribution in [-0.4, -0.2) is 10.1 Å². The summed E-state index contributed by atoms with van der Waals surface area (Å²) in [4.78, 5) is 4.13. The molecule has 0 aliphatic carbocycles. The minimum atomic E-state index is 0.239. The second-order valence-corrected chi connectivity index (χ2v) is 3.81. The highest BCUT2D eigenvalue weighted by atomic mass is 35.5. The van der Waals surface area contributed by atoms with Crippen molar-refractivity contribution in [1.82, 2.24) is 10.1 Å². The lowest BCUT2D eigenvalue weighted by Gasteiger charge is -2.00. The lowest BCUT2D eigenvalue weighted by atomic mass is 10.1. The highest BCUT2D eigenvalue weighted by Crippen LogP contribution is 2.25. The molecule has 78 valence electrons. The van der Waals surface area contributed by atoms with Gasteiger partial charge in [-0.15, -0.1) is 11.6 Å². The zero-order chi connectivity index (χ0) is 10.8. The summed E-state index contributed by atoms with van der Waals surface area (Å²) in [6.07, 6.45) is 0. The number of benzene rings is 1. The molecular formula is C10H8Cl2N2O. The van der Waals surface area contributed by atoms with Gasteiger partial charge in [0.2, 0.25) is 0 Å². The number of alkyl halides is 1. The first-order valence-corrected chi connectivity index (χ1v) is 5.27. The van der Waals surface area contributed by atoms with Crippen molar-refractivity contribution in [2.75, 3.05) is 0 Å². The van der Waals surface area contributed by atoms with Gasteiger partial charge in [-0.3, -0.25) is 0 Å². The molecule has 15 heavy (non-hydrogen) atoms. The number of hydrogen-bond donors (Lipinski definition) is 0. The molecular weight excluding hydrogens is 235 g/mol. The summed E-state index contributed by atoms with van der Waals surface area (Å²) >= 11 is 11.5. The maximum atomic E-state index is 5.89. The number of aryl methyl sites for hydroxylation is 1. The molecule has 1 heterocycles. The van der Waals surface area contributed by atoms with Crippen LogP contribution in [0.4, 0.5) is 0 Å². The van der Waals surface area contributed by atoms with Gasteiger partial charge < -0.3 is 4.52 Å². The van der Waals surface area contributed by atoms with Crippen molar-refractivity contribution in [3.8, 4) is 11.5 Å². The van der Waals surface area contributed by atoms with E-state index in [1.165, 1.54) is 0 Å². The van der Waals surface area contributed by atoms with Gasteiger partial charge in [0, 0.05) is 10.6 Å². The number of nitrogens with zero attached hydrogens (tertiary/aromatic N) is 2. The Morgan fingerprint density at radius 2 is 2.20 bits per heavy atom.